The van der Waals surface area contributed by atoms with Crippen molar-refractivity contribution < 1.29 is 4.79 Å². The molecule has 0 bridgehead atoms. The minimum Gasteiger partial charge on any atom is -0.356 e. The van der Waals surface area contributed by atoms with Crippen molar-refractivity contribution in [2.24, 2.45) is 11.7 Å². The van der Waals surface area contributed by atoms with Crippen molar-refractivity contribution in [1.82, 2.24) is 5.32 Å². The number of rotatable bonds is 5. The van der Waals surface area contributed by atoms with Crippen molar-refractivity contribution in [3.8, 4) is 0 Å². The normalized spacial score (nSPS) is 22.4. The van der Waals surface area contributed by atoms with Gasteiger partial charge in [-0.1, -0.05) is 30.2 Å². The highest BCUT2D eigenvalue weighted by Gasteiger charge is 2.25. The van der Waals surface area contributed by atoms with Gasteiger partial charge in [0.2, 0.25) is 5.91 Å². The Morgan fingerprint density at radius 3 is 2.68 bits per heavy atom. The molecule has 104 valence electrons. The molecule has 1 amide bonds. The number of carbonyl (C=O) groups is 1. The van der Waals surface area contributed by atoms with Crippen molar-refractivity contribution in [3.05, 3.63) is 34.9 Å². The summed E-state index contributed by atoms with van der Waals surface area (Å²) in [5, 5.41) is 3.70. The highest BCUT2D eigenvalue weighted by molar-refractivity contribution is 6.30. The zero-order valence-corrected chi connectivity index (χ0v) is 11.8. The molecule has 0 heterocycles. The Morgan fingerprint density at radius 2 is 2.05 bits per heavy atom. The summed E-state index contributed by atoms with van der Waals surface area (Å²) in [6.07, 6.45) is 4.71. The molecule has 19 heavy (non-hydrogen) atoms. The molecule has 2 atom stereocenters. The largest absolute Gasteiger partial charge is 0.356 e. The molecule has 2 rings (SSSR count). The van der Waals surface area contributed by atoms with Crippen molar-refractivity contribution >= 4 is 17.5 Å². The van der Waals surface area contributed by atoms with Gasteiger partial charge in [0, 0.05) is 24.0 Å². The minimum absolute atomic E-state index is 0.122. The molecule has 1 aliphatic carbocycles. The van der Waals surface area contributed by atoms with Crippen LogP contribution in [0.5, 0.6) is 0 Å². The number of nitrogens with two attached hydrogens (primary N) is 1. The number of hydrogen-bond acceptors (Lipinski definition) is 2. The fourth-order valence-corrected chi connectivity index (χ4v) is 2.75. The van der Waals surface area contributed by atoms with Crippen LogP contribution < -0.4 is 11.1 Å². The predicted octanol–water partition coefficient (Wildman–Crippen LogP) is 2.52. The maximum atomic E-state index is 11.8. The first-order valence-corrected chi connectivity index (χ1v) is 7.29. The van der Waals surface area contributed by atoms with Crippen LogP contribution in [0.15, 0.2) is 24.3 Å². The lowest BCUT2D eigenvalue weighted by atomic mass is 10.00. The van der Waals surface area contributed by atoms with Crippen molar-refractivity contribution in [1.29, 1.82) is 0 Å². The molecule has 1 aromatic carbocycles. The zero-order valence-electron chi connectivity index (χ0n) is 11.1. The number of carbonyl (C=O) groups excluding carboxylic acids is 1. The van der Waals surface area contributed by atoms with Crippen molar-refractivity contribution in [2.75, 3.05) is 6.54 Å². The molecule has 3 nitrogen and oxygen atoms in total. The van der Waals surface area contributed by atoms with E-state index in [9.17, 15) is 4.79 Å². The first-order valence-electron chi connectivity index (χ1n) is 6.92. The van der Waals surface area contributed by atoms with Crippen LogP contribution in [-0.2, 0) is 11.2 Å². The third kappa shape index (κ3) is 4.51. The van der Waals surface area contributed by atoms with Crippen LogP contribution in [0, 0.1) is 5.92 Å². The average Bonchev–Trinajstić information content (AvgIpc) is 2.78. The summed E-state index contributed by atoms with van der Waals surface area (Å²) in [4.78, 5) is 11.8. The maximum absolute atomic E-state index is 11.8. The third-order valence-electron chi connectivity index (χ3n) is 3.81. The van der Waals surface area contributed by atoms with Gasteiger partial charge in [-0.2, -0.15) is 0 Å². The Morgan fingerprint density at radius 1 is 1.32 bits per heavy atom. The second-order valence-electron chi connectivity index (χ2n) is 5.29. The number of nitrogens with one attached hydrogen (secondary N) is 1. The maximum Gasteiger partial charge on any atom is 0.220 e. The molecule has 3 N–H and O–H groups in total. The number of benzene rings is 1. The number of hydrogen-bond donors (Lipinski definition) is 2. The first kappa shape index (κ1) is 14.4. The van der Waals surface area contributed by atoms with E-state index in [0.717, 1.165) is 30.7 Å². The lowest BCUT2D eigenvalue weighted by molar-refractivity contribution is -0.122. The van der Waals surface area contributed by atoms with Gasteiger partial charge in [-0.25, -0.2) is 0 Å². The summed E-state index contributed by atoms with van der Waals surface area (Å²) >= 11 is 5.82. The first-order chi connectivity index (χ1) is 9.15. The molecule has 1 aromatic rings. The SMILES string of the molecule is N[C@@H]1CCC[C@H]1CC(=O)NCCc1ccc(Cl)cc1. The molecular weight excluding hydrogens is 260 g/mol. The Kier molecular flexibility index (Phi) is 5.23. The van der Waals surface area contributed by atoms with Gasteiger partial charge in [0.25, 0.3) is 0 Å². The van der Waals surface area contributed by atoms with Crippen LogP contribution in [0.3, 0.4) is 0 Å². The monoisotopic (exact) mass is 280 g/mol. The lowest BCUT2D eigenvalue weighted by Gasteiger charge is -2.14. The van der Waals surface area contributed by atoms with Gasteiger partial charge in [0.15, 0.2) is 0 Å². The molecule has 0 radical (unpaired) electrons. The fourth-order valence-electron chi connectivity index (χ4n) is 2.63. The van der Waals surface area contributed by atoms with Gasteiger partial charge in [-0.05, 0) is 42.9 Å². The van der Waals surface area contributed by atoms with Crippen LogP contribution in [0.1, 0.15) is 31.2 Å². The van der Waals surface area contributed by atoms with E-state index in [1.54, 1.807) is 0 Å². The molecule has 0 saturated heterocycles. The second-order valence-corrected chi connectivity index (χ2v) is 5.72. The molecule has 1 fully saturated rings. The van der Waals surface area contributed by atoms with Crippen LogP contribution in [-0.4, -0.2) is 18.5 Å². The minimum atomic E-state index is 0.122. The highest BCUT2D eigenvalue weighted by Crippen LogP contribution is 2.26. The zero-order chi connectivity index (χ0) is 13.7. The van der Waals surface area contributed by atoms with Crippen molar-refractivity contribution in [3.63, 3.8) is 0 Å². The van der Waals surface area contributed by atoms with Crippen LogP contribution in [0.25, 0.3) is 0 Å². The second kappa shape index (κ2) is 6.92. The third-order valence-corrected chi connectivity index (χ3v) is 4.07. The number of halogens is 1. The van der Waals surface area contributed by atoms with Gasteiger partial charge in [0.05, 0.1) is 0 Å². The van der Waals surface area contributed by atoms with E-state index in [0.29, 0.717) is 18.9 Å². The summed E-state index contributed by atoms with van der Waals surface area (Å²) in [6.45, 7) is 0.669. The van der Waals surface area contributed by atoms with Crippen LogP contribution >= 0.6 is 11.6 Å². The van der Waals surface area contributed by atoms with Crippen LogP contribution in [0.4, 0.5) is 0 Å². The van der Waals surface area contributed by atoms with E-state index in [-0.39, 0.29) is 11.9 Å². The molecule has 0 aliphatic heterocycles. The Bertz CT molecular complexity index is 419. The summed E-state index contributed by atoms with van der Waals surface area (Å²) in [5.41, 5.74) is 7.15. The van der Waals surface area contributed by atoms with Gasteiger partial charge in [-0.3, -0.25) is 4.79 Å². The average molecular weight is 281 g/mol. The Balaban J connectivity index is 1.67. The van der Waals surface area contributed by atoms with Gasteiger partial charge < -0.3 is 11.1 Å². The molecule has 1 aliphatic rings. The lowest BCUT2D eigenvalue weighted by Crippen LogP contribution is -2.32. The predicted molar refractivity (Wildman–Crippen MR) is 78.1 cm³/mol. The fraction of sp³-hybridized carbons (Fsp3) is 0.533. The van der Waals surface area contributed by atoms with Gasteiger partial charge in [0.1, 0.15) is 0 Å². The molecule has 4 heteroatoms. The van der Waals surface area contributed by atoms with E-state index < -0.39 is 0 Å². The molecular formula is C15H21ClN2O. The Hall–Kier alpha value is -1.06. The van der Waals surface area contributed by atoms with Gasteiger partial charge in [-0.15, -0.1) is 0 Å². The standard InChI is InChI=1S/C15H21ClN2O/c16-13-6-4-11(5-7-13)8-9-18-15(19)10-12-2-1-3-14(12)17/h4-7,12,14H,1-3,8-10,17H2,(H,18,19)/t12-,14+/m0/s1. The molecule has 1 saturated carbocycles. The van der Waals surface area contributed by atoms with Gasteiger partial charge >= 0.3 is 0 Å². The smallest absolute Gasteiger partial charge is 0.220 e. The molecule has 0 unspecified atom stereocenters. The Labute approximate surface area is 119 Å². The summed E-state index contributed by atoms with van der Waals surface area (Å²) in [6, 6.07) is 7.93. The van der Waals surface area contributed by atoms with E-state index in [1.807, 2.05) is 24.3 Å². The summed E-state index contributed by atoms with van der Waals surface area (Å²) in [7, 11) is 0. The van der Waals surface area contributed by atoms with Crippen molar-refractivity contribution in [2.45, 2.75) is 38.1 Å². The highest BCUT2D eigenvalue weighted by atomic mass is 35.5. The molecule has 0 aromatic heterocycles. The van der Waals surface area contributed by atoms with E-state index in [4.69, 9.17) is 17.3 Å². The van der Waals surface area contributed by atoms with E-state index in [1.165, 1.54) is 5.56 Å². The van der Waals surface area contributed by atoms with Crippen LogP contribution in [0.2, 0.25) is 5.02 Å². The van der Waals surface area contributed by atoms with E-state index >= 15 is 0 Å². The summed E-state index contributed by atoms with van der Waals surface area (Å²) < 4.78 is 0. The molecule has 0 spiro atoms. The number of amides is 1. The topological polar surface area (TPSA) is 55.1 Å². The summed E-state index contributed by atoms with van der Waals surface area (Å²) in [5.74, 6) is 0.492. The quantitative estimate of drug-likeness (QED) is 0.871. The van der Waals surface area contributed by atoms with E-state index in [2.05, 4.69) is 5.32 Å².